The molecular weight excluding hydrogens is 344 g/mol. The van der Waals surface area contributed by atoms with Crippen LogP contribution in [0.25, 0.3) is 0 Å². The number of carbonyl (C=O) groups is 2. The van der Waals surface area contributed by atoms with Gasteiger partial charge in [0.15, 0.2) is 0 Å². The first-order valence-corrected chi connectivity index (χ1v) is 9.45. The van der Waals surface area contributed by atoms with Crippen LogP contribution in [0.2, 0.25) is 0 Å². The minimum absolute atomic E-state index is 0.0109. The van der Waals surface area contributed by atoms with Gasteiger partial charge in [0.05, 0.1) is 12.8 Å². The minimum Gasteiger partial charge on any atom is -0.469 e. The number of hydrogen-bond acceptors (Lipinski definition) is 4. The van der Waals surface area contributed by atoms with E-state index < -0.39 is 5.60 Å². The number of hydrogen-bond donors (Lipinski definition) is 1. The summed E-state index contributed by atoms with van der Waals surface area (Å²) in [4.78, 5) is 26.2. The summed E-state index contributed by atoms with van der Waals surface area (Å²) in [6.07, 6.45) is 3.84. The quantitative estimate of drug-likeness (QED) is 0.880. The maximum absolute atomic E-state index is 12.9. The monoisotopic (exact) mass is 368 g/mol. The van der Waals surface area contributed by atoms with Crippen molar-refractivity contribution in [3.05, 3.63) is 60.1 Å². The third-order valence-corrected chi connectivity index (χ3v) is 5.58. The van der Waals surface area contributed by atoms with Gasteiger partial charge in [-0.05, 0) is 24.1 Å². The average Bonchev–Trinajstić information content (AvgIpc) is 3.33. The van der Waals surface area contributed by atoms with Crippen LogP contribution in [-0.2, 0) is 16.0 Å². The fourth-order valence-corrected chi connectivity index (χ4v) is 3.98. The van der Waals surface area contributed by atoms with Crippen molar-refractivity contribution in [2.75, 3.05) is 19.6 Å². The molecule has 0 radical (unpaired) electrons. The minimum atomic E-state index is -0.432. The van der Waals surface area contributed by atoms with E-state index in [0.717, 1.165) is 12.2 Å². The fourth-order valence-electron chi connectivity index (χ4n) is 3.98. The Hall–Kier alpha value is -2.76. The molecule has 6 heteroatoms. The van der Waals surface area contributed by atoms with Crippen molar-refractivity contribution >= 4 is 12.0 Å². The van der Waals surface area contributed by atoms with Crippen LogP contribution in [0.1, 0.15) is 36.5 Å². The molecule has 1 unspecified atom stereocenters. The van der Waals surface area contributed by atoms with Gasteiger partial charge in [0, 0.05) is 38.3 Å². The van der Waals surface area contributed by atoms with Gasteiger partial charge in [0.25, 0.3) is 0 Å². The zero-order valence-corrected chi connectivity index (χ0v) is 15.2. The van der Waals surface area contributed by atoms with Gasteiger partial charge in [-0.25, -0.2) is 4.79 Å². The van der Waals surface area contributed by atoms with Crippen LogP contribution in [0.15, 0.2) is 53.1 Å². The van der Waals surface area contributed by atoms with Crippen molar-refractivity contribution in [1.29, 1.82) is 0 Å². The van der Waals surface area contributed by atoms with Crippen LogP contribution < -0.4 is 5.32 Å². The predicted molar refractivity (Wildman–Crippen MR) is 99.2 cm³/mol. The molecule has 142 valence electrons. The van der Waals surface area contributed by atoms with Gasteiger partial charge in [-0.3, -0.25) is 4.79 Å². The lowest BCUT2D eigenvalue weighted by atomic mass is 9.90. The first kappa shape index (κ1) is 17.6. The Balaban J connectivity index is 1.39. The molecule has 1 spiro atoms. The van der Waals surface area contributed by atoms with Crippen LogP contribution in [-0.4, -0.2) is 42.1 Å². The molecule has 1 N–H and O–H groups in total. The Kier molecular flexibility index (Phi) is 4.88. The standard InChI is InChI=1S/C21H24N2O4/c24-19(23-10-8-21(9-11-23)15-22-20(25)27-21)14-17(18-7-4-12-26-18)13-16-5-2-1-3-6-16/h1-7,12,17H,8-11,13-15H2,(H,22,25). The molecular formula is C21H24N2O4. The highest BCUT2D eigenvalue weighted by atomic mass is 16.6. The maximum atomic E-state index is 12.9. The van der Waals surface area contributed by atoms with E-state index in [1.54, 1.807) is 6.26 Å². The number of nitrogens with one attached hydrogen (secondary N) is 1. The molecule has 0 saturated carbocycles. The van der Waals surface area contributed by atoms with Crippen molar-refractivity contribution in [2.45, 2.75) is 37.2 Å². The Labute approximate surface area is 158 Å². The first-order valence-electron chi connectivity index (χ1n) is 9.45. The number of furan rings is 1. The number of nitrogens with zero attached hydrogens (tertiary/aromatic N) is 1. The Bertz CT molecular complexity index is 780. The number of carbonyl (C=O) groups excluding carboxylic acids is 2. The third-order valence-electron chi connectivity index (χ3n) is 5.58. The van der Waals surface area contributed by atoms with Gasteiger partial charge in [0.1, 0.15) is 11.4 Å². The number of piperidine rings is 1. The smallest absolute Gasteiger partial charge is 0.407 e. The second kappa shape index (κ2) is 7.47. The van der Waals surface area contributed by atoms with E-state index in [4.69, 9.17) is 9.15 Å². The number of likely N-dealkylation sites (tertiary alicyclic amines) is 1. The molecule has 2 fully saturated rings. The van der Waals surface area contributed by atoms with Crippen molar-refractivity contribution in [2.24, 2.45) is 0 Å². The normalized spacial score (nSPS) is 19.6. The molecule has 1 atom stereocenters. The summed E-state index contributed by atoms with van der Waals surface area (Å²) in [5, 5.41) is 2.73. The highest BCUT2D eigenvalue weighted by Gasteiger charge is 2.43. The number of amides is 2. The Morgan fingerprint density at radius 2 is 1.93 bits per heavy atom. The summed E-state index contributed by atoms with van der Waals surface area (Å²) in [7, 11) is 0. The lowest BCUT2D eigenvalue weighted by Crippen LogP contribution is -2.48. The highest BCUT2D eigenvalue weighted by Crippen LogP contribution is 2.31. The van der Waals surface area contributed by atoms with Gasteiger partial charge < -0.3 is 19.4 Å². The van der Waals surface area contributed by atoms with E-state index in [9.17, 15) is 9.59 Å². The van der Waals surface area contributed by atoms with Crippen molar-refractivity contribution in [3.63, 3.8) is 0 Å². The van der Waals surface area contributed by atoms with E-state index in [2.05, 4.69) is 17.4 Å². The summed E-state index contributed by atoms with van der Waals surface area (Å²) in [5.74, 6) is 0.978. The third kappa shape index (κ3) is 3.99. The summed E-state index contributed by atoms with van der Waals surface area (Å²) in [5.41, 5.74) is 0.756. The van der Waals surface area contributed by atoms with Crippen molar-refractivity contribution in [3.8, 4) is 0 Å². The number of ether oxygens (including phenoxy) is 1. The van der Waals surface area contributed by atoms with E-state index in [1.807, 2.05) is 35.2 Å². The number of rotatable bonds is 5. The first-order chi connectivity index (χ1) is 13.1. The van der Waals surface area contributed by atoms with E-state index >= 15 is 0 Å². The second-order valence-electron chi connectivity index (χ2n) is 7.41. The van der Waals surface area contributed by atoms with Gasteiger partial charge in [-0.2, -0.15) is 0 Å². The van der Waals surface area contributed by atoms with Gasteiger partial charge >= 0.3 is 6.09 Å². The Morgan fingerprint density at radius 1 is 1.15 bits per heavy atom. The van der Waals surface area contributed by atoms with Crippen LogP contribution in [0.5, 0.6) is 0 Å². The lowest BCUT2D eigenvalue weighted by Gasteiger charge is -2.37. The molecule has 2 aliphatic rings. The van der Waals surface area contributed by atoms with Crippen LogP contribution in [0, 0.1) is 0 Å². The molecule has 0 bridgehead atoms. The summed E-state index contributed by atoms with van der Waals surface area (Å²) < 4.78 is 11.0. The molecule has 2 aromatic rings. The topological polar surface area (TPSA) is 71.8 Å². The predicted octanol–water partition coefficient (Wildman–Crippen LogP) is 3.10. The van der Waals surface area contributed by atoms with Crippen LogP contribution >= 0.6 is 0 Å². The second-order valence-corrected chi connectivity index (χ2v) is 7.41. The number of alkyl carbamates (subject to hydrolysis) is 1. The molecule has 0 aliphatic carbocycles. The fraction of sp³-hybridized carbons (Fsp3) is 0.429. The van der Waals surface area contributed by atoms with Crippen LogP contribution in [0.4, 0.5) is 4.79 Å². The summed E-state index contributed by atoms with van der Waals surface area (Å²) in [6.45, 7) is 1.77. The lowest BCUT2D eigenvalue weighted by molar-refractivity contribution is -0.135. The van der Waals surface area contributed by atoms with E-state index in [1.165, 1.54) is 5.56 Å². The Morgan fingerprint density at radius 3 is 2.56 bits per heavy atom. The summed E-state index contributed by atoms with van der Waals surface area (Å²) in [6, 6.07) is 14.0. The van der Waals surface area contributed by atoms with Crippen molar-refractivity contribution in [1.82, 2.24) is 10.2 Å². The molecule has 2 saturated heterocycles. The molecule has 4 rings (SSSR count). The van der Waals surface area contributed by atoms with Crippen LogP contribution in [0.3, 0.4) is 0 Å². The van der Waals surface area contributed by atoms with Gasteiger partial charge in [-0.1, -0.05) is 30.3 Å². The highest BCUT2D eigenvalue weighted by molar-refractivity contribution is 5.77. The van der Waals surface area contributed by atoms with Gasteiger partial charge in [0.2, 0.25) is 5.91 Å². The number of benzene rings is 1. The molecule has 6 nitrogen and oxygen atoms in total. The van der Waals surface area contributed by atoms with Crippen molar-refractivity contribution < 1.29 is 18.7 Å². The SMILES string of the molecule is O=C1NCC2(CCN(C(=O)CC(Cc3ccccc3)c3ccco3)CC2)O1. The zero-order chi connectivity index (χ0) is 18.7. The molecule has 2 aliphatic heterocycles. The van der Waals surface area contributed by atoms with E-state index in [0.29, 0.717) is 38.9 Å². The largest absolute Gasteiger partial charge is 0.469 e. The summed E-state index contributed by atoms with van der Waals surface area (Å²) >= 11 is 0. The molecule has 1 aromatic heterocycles. The molecule has 1 aromatic carbocycles. The average molecular weight is 368 g/mol. The molecule has 27 heavy (non-hydrogen) atoms. The van der Waals surface area contributed by atoms with Gasteiger partial charge in [-0.15, -0.1) is 0 Å². The molecule has 2 amide bonds. The molecule has 3 heterocycles. The van der Waals surface area contributed by atoms with E-state index in [-0.39, 0.29) is 17.9 Å². The maximum Gasteiger partial charge on any atom is 0.407 e. The zero-order valence-electron chi connectivity index (χ0n) is 15.2.